The van der Waals surface area contributed by atoms with Crippen molar-refractivity contribution in [3.8, 4) is 0 Å². The molecule has 6 amide bonds. The molecule has 0 aromatic heterocycles. The Kier molecular flexibility index (Phi) is 32.1. The lowest BCUT2D eigenvalue weighted by atomic mass is 10.1. The van der Waals surface area contributed by atoms with Crippen molar-refractivity contribution in [2.75, 3.05) is 77.2 Å². The normalized spacial score (nSPS) is 12.1. The Morgan fingerprint density at radius 2 is 1.10 bits per heavy atom. The summed E-state index contributed by atoms with van der Waals surface area (Å²) in [7, 11) is 0. The lowest BCUT2D eigenvalue weighted by molar-refractivity contribution is -0.142. The van der Waals surface area contributed by atoms with E-state index < -0.39 is 23.9 Å². The number of amides is 6. The van der Waals surface area contributed by atoms with Gasteiger partial charge in [-0.3, -0.25) is 33.6 Å². The van der Waals surface area contributed by atoms with E-state index in [1.54, 1.807) is 4.90 Å². The number of aliphatic carboxylic acids is 2. The number of hydrogen-bond donors (Lipinski definition) is 7. The summed E-state index contributed by atoms with van der Waals surface area (Å²) < 4.78 is 11.1. The molecule has 0 saturated carbocycles. The van der Waals surface area contributed by atoms with Crippen LogP contribution in [0.15, 0.2) is 0 Å². The molecule has 7 N–H and O–H groups in total. The van der Waals surface area contributed by atoms with Crippen LogP contribution < -0.4 is 26.6 Å². The summed E-state index contributed by atoms with van der Waals surface area (Å²) in [6.45, 7) is 13.1. The fourth-order valence-corrected chi connectivity index (χ4v) is 5.94. The third-order valence-corrected chi connectivity index (χ3v) is 10.3. The van der Waals surface area contributed by atoms with Crippen LogP contribution in [0.2, 0.25) is 0 Å². The van der Waals surface area contributed by atoms with E-state index in [9.17, 15) is 43.5 Å². The Morgan fingerprint density at radius 1 is 0.569 bits per heavy atom. The van der Waals surface area contributed by atoms with Crippen molar-refractivity contribution < 1.29 is 58.0 Å². The number of carbonyl (C=O) groups is 8. The Bertz CT molecular complexity index is 1230. The quantitative estimate of drug-likeness (QED) is 0.0440. The second-order valence-electron chi connectivity index (χ2n) is 14.2. The van der Waals surface area contributed by atoms with Crippen LogP contribution in [0.4, 0.5) is 0 Å². The standard InChI is InChI=1S/C38H68N6O12S2/c1-27(2)57-25-34(48)40-16-18-44(19-17-41-35(49)26-58-28(3)4)36(50)11-9-31(45)42-24-29(5)13-20-55-22-23-56-21-14-32(46)39-15-7-6-8-30(38(53)54)43-33(47)10-12-37(51)52/h27-30H,6-26H2,1-5H3,(H,39,46)(H,40,48)(H,41,49)(H,42,45)(H,43,47)(H,51,52)(H,53,54)/t29?,30-/m0/s1. The maximum absolute atomic E-state index is 13.1. The van der Waals surface area contributed by atoms with E-state index in [4.69, 9.17) is 14.6 Å². The zero-order chi connectivity index (χ0) is 43.7. The molecule has 0 bridgehead atoms. The van der Waals surface area contributed by atoms with Gasteiger partial charge in [0.2, 0.25) is 35.4 Å². The summed E-state index contributed by atoms with van der Waals surface area (Å²) in [5.41, 5.74) is 0. The Morgan fingerprint density at radius 3 is 1.66 bits per heavy atom. The van der Waals surface area contributed by atoms with Crippen LogP contribution in [0.3, 0.4) is 0 Å². The zero-order valence-corrected chi connectivity index (χ0v) is 36.5. The molecule has 0 aromatic carbocycles. The van der Waals surface area contributed by atoms with Gasteiger partial charge in [-0.25, -0.2) is 4.79 Å². The number of hydrogen-bond acceptors (Lipinski definition) is 12. The molecular formula is C38H68N6O12S2. The molecule has 334 valence electrons. The van der Waals surface area contributed by atoms with Crippen molar-refractivity contribution in [3.05, 3.63) is 0 Å². The highest BCUT2D eigenvalue weighted by molar-refractivity contribution is 8.00. The van der Waals surface area contributed by atoms with Crippen LogP contribution in [0.1, 0.15) is 92.4 Å². The van der Waals surface area contributed by atoms with E-state index >= 15 is 0 Å². The van der Waals surface area contributed by atoms with E-state index in [-0.39, 0.29) is 107 Å². The van der Waals surface area contributed by atoms with E-state index in [0.29, 0.717) is 74.2 Å². The molecule has 0 aliphatic carbocycles. The Hall–Kier alpha value is -3.62. The molecule has 0 rings (SSSR count). The molecule has 2 atom stereocenters. The molecule has 0 aliphatic rings. The smallest absolute Gasteiger partial charge is 0.326 e. The van der Waals surface area contributed by atoms with Crippen molar-refractivity contribution in [1.82, 2.24) is 31.5 Å². The van der Waals surface area contributed by atoms with Crippen LogP contribution in [0, 0.1) is 5.92 Å². The molecule has 18 nitrogen and oxygen atoms in total. The second-order valence-corrected chi connectivity index (χ2v) is 17.3. The maximum atomic E-state index is 13.1. The molecule has 0 saturated heterocycles. The molecule has 0 fully saturated rings. The van der Waals surface area contributed by atoms with E-state index in [0.717, 1.165) is 0 Å². The van der Waals surface area contributed by atoms with Crippen molar-refractivity contribution in [2.24, 2.45) is 5.92 Å². The highest BCUT2D eigenvalue weighted by atomic mass is 32.2. The van der Waals surface area contributed by atoms with Gasteiger partial charge in [0.25, 0.3) is 0 Å². The van der Waals surface area contributed by atoms with Gasteiger partial charge in [-0.15, -0.1) is 23.5 Å². The average molecular weight is 865 g/mol. The molecule has 0 aliphatic heterocycles. The number of carboxylic acids is 2. The average Bonchev–Trinajstić information content (AvgIpc) is 3.16. The highest BCUT2D eigenvalue weighted by Gasteiger charge is 2.20. The molecular weight excluding hydrogens is 797 g/mol. The Labute approximate surface area is 351 Å². The van der Waals surface area contributed by atoms with Crippen molar-refractivity contribution in [3.63, 3.8) is 0 Å². The number of ether oxygens (including phenoxy) is 2. The van der Waals surface area contributed by atoms with Gasteiger partial charge < -0.3 is 51.2 Å². The van der Waals surface area contributed by atoms with Gasteiger partial charge in [0, 0.05) is 71.6 Å². The Balaban J connectivity index is 4.22. The fourth-order valence-electron chi connectivity index (χ4n) is 4.77. The zero-order valence-electron chi connectivity index (χ0n) is 34.9. The summed E-state index contributed by atoms with van der Waals surface area (Å²) in [5.74, 6) is -3.15. The van der Waals surface area contributed by atoms with Crippen LogP contribution >= 0.6 is 23.5 Å². The molecule has 20 heteroatoms. The van der Waals surface area contributed by atoms with Gasteiger partial charge in [-0.1, -0.05) is 34.6 Å². The largest absolute Gasteiger partial charge is 0.481 e. The van der Waals surface area contributed by atoms with Crippen LogP contribution in [-0.4, -0.2) is 156 Å². The first-order chi connectivity index (χ1) is 27.5. The van der Waals surface area contributed by atoms with Gasteiger partial charge in [0.1, 0.15) is 6.04 Å². The van der Waals surface area contributed by atoms with Crippen molar-refractivity contribution in [1.29, 1.82) is 0 Å². The van der Waals surface area contributed by atoms with Gasteiger partial charge in [-0.05, 0) is 42.1 Å². The lowest BCUT2D eigenvalue weighted by Crippen LogP contribution is -2.43. The topological polar surface area (TPSA) is 259 Å². The first-order valence-electron chi connectivity index (χ1n) is 20.0. The molecule has 0 spiro atoms. The molecule has 0 radical (unpaired) electrons. The predicted octanol–water partition coefficient (Wildman–Crippen LogP) is 1.40. The number of unbranched alkanes of at least 4 members (excludes halogenated alkanes) is 1. The van der Waals surface area contributed by atoms with Gasteiger partial charge in [0.05, 0.1) is 37.7 Å². The summed E-state index contributed by atoms with van der Waals surface area (Å²) >= 11 is 3.05. The van der Waals surface area contributed by atoms with Crippen molar-refractivity contribution in [2.45, 2.75) is 109 Å². The minimum absolute atomic E-state index is 0.00381. The number of carboxylic acid groups (broad SMARTS) is 2. The third-order valence-electron chi connectivity index (χ3n) is 8.11. The third kappa shape index (κ3) is 33.4. The molecule has 1 unspecified atom stereocenters. The van der Waals surface area contributed by atoms with E-state index in [2.05, 4.69) is 26.6 Å². The van der Waals surface area contributed by atoms with Crippen LogP contribution in [-0.2, 0) is 47.8 Å². The summed E-state index contributed by atoms with van der Waals surface area (Å²) in [4.78, 5) is 97.1. The molecule has 58 heavy (non-hydrogen) atoms. The van der Waals surface area contributed by atoms with Crippen molar-refractivity contribution >= 4 is 70.9 Å². The maximum Gasteiger partial charge on any atom is 0.326 e. The number of carbonyl (C=O) groups excluding carboxylic acids is 6. The summed E-state index contributed by atoms with van der Waals surface area (Å²) in [6, 6.07) is -1.13. The SMILES string of the molecule is CC(CCOCCOCCC(=O)NCCCC[C@H](NC(=O)CCC(=O)O)C(=O)O)CNC(=O)CCC(=O)N(CCNC(=O)CSC(C)C)CCNC(=O)CSC(C)C. The van der Waals surface area contributed by atoms with Crippen LogP contribution in [0.5, 0.6) is 0 Å². The second kappa shape index (κ2) is 34.3. The van der Waals surface area contributed by atoms with Gasteiger partial charge in [0.15, 0.2) is 0 Å². The lowest BCUT2D eigenvalue weighted by Gasteiger charge is -2.23. The van der Waals surface area contributed by atoms with Crippen LogP contribution in [0.25, 0.3) is 0 Å². The number of nitrogens with zero attached hydrogens (tertiary/aromatic N) is 1. The predicted molar refractivity (Wildman–Crippen MR) is 223 cm³/mol. The van der Waals surface area contributed by atoms with Gasteiger partial charge in [-0.2, -0.15) is 0 Å². The first kappa shape index (κ1) is 54.4. The number of rotatable bonds is 36. The summed E-state index contributed by atoms with van der Waals surface area (Å²) in [6.07, 6.45) is 1.22. The number of nitrogens with one attached hydrogen (secondary N) is 5. The monoisotopic (exact) mass is 864 g/mol. The first-order valence-corrected chi connectivity index (χ1v) is 22.1. The highest BCUT2D eigenvalue weighted by Crippen LogP contribution is 2.09. The molecule has 0 aromatic rings. The molecule has 0 heterocycles. The fraction of sp³-hybridized carbons (Fsp3) is 0.789. The minimum atomic E-state index is -1.21. The minimum Gasteiger partial charge on any atom is -0.481 e. The summed E-state index contributed by atoms with van der Waals surface area (Å²) in [5, 5.41) is 32.1. The van der Waals surface area contributed by atoms with E-state index in [1.807, 2.05) is 34.6 Å². The van der Waals surface area contributed by atoms with E-state index in [1.165, 1.54) is 23.5 Å². The van der Waals surface area contributed by atoms with Gasteiger partial charge >= 0.3 is 11.9 Å². The number of thioether (sulfide) groups is 2.